The first-order chi connectivity index (χ1) is 3.39. The van der Waals surface area contributed by atoms with E-state index in [4.69, 9.17) is 0 Å². The van der Waals surface area contributed by atoms with Crippen molar-refractivity contribution in [3.63, 3.8) is 0 Å². The Labute approximate surface area is 51.1 Å². The summed E-state index contributed by atoms with van der Waals surface area (Å²) in [6.45, 7) is 0. The van der Waals surface area contributed by atoms with Crippen LogP contribution >= 0.6 is 0 Å². The average molecular weight is 114 g/mol. The van der Waals surface area contributed by atoms with Gasteiger partial charge in [-0.1, -0.05) is 35.5 Å². The molecule has 0 aliphatic rings. The van der Waals surface area contributed by atoms with Crippen LogP contribution < -0.4 is 5.19 Å². The van der Waals surface area contributed by atoms with E-state index >= 15 is 0 Å². The minimum Gasteiger partial charge on any atom is -0.0708 e. The van der Waals surface area contributed by atoms with Crippen LogP contribution in [0.1, 0.15) is 4.28 Å². The number of hydrogen-bond acceptors (Lipinski definition) is 0. The molecule has 0 atom stereocenters. The first kappa shape index (κ1) is 4.59. The molecule has 1 heteroatoms. The molecule has 0 heterocycles. The first-order valence-corrected chi connectivity index (χ1v) is 3.41. The fourth-order valence-electron chi connectivity index (χ4n) is 0.534. The molecule has 0 spiro atoms. The Hall–Kier alpha value is -0.563. The van der Waals surface area contributed by atoms with Crippen LogP contribution in [-0.4, -0.2) is 10.2 Å². The zero-order valence-corrected chi connectivity index (χ0v) is 6.39. The Morgan fingerprint density at radius 2 is 1.71 bits per heavy atom. The fraction of sp³-hybridized carbons (Fsp3) is 0. The number of hydrogen-bond donors (Lipinski definition) is 0. The van der Waals surface area contributed by atoms with Crippen molar-refractivity contribution in [2.75, 3.05) is 0 Å². The second-order valence-corrected chi connectivity index (χ2v) is 2.81. The van der Waals surface area contributed by atoms with Gasteiger partial charge in [0.2, 0.25) is 0 Å². The highest BCUT2D eigenvalue weighted by Crippen LogP contribution is 1.76. The van der Waals surface area contributed by atoms with Crippen LogP contribution in [0.2, 0.25) is 0 Å². The minimum absolute atomic E-state index is 0. The Balaban J connectivity index is -0.000000163. The lowest BCUT2D eigenvalue weighted by Crippen LogP contribution is -1.97. The SMILES string of the molecule is [HH].[HH].[HH].[SiH3]c1ccccc1. The molecule has 0 nitrogen and oxygen atoms in total. The summed E-state index contributed by atoms with van der Waals surface area (Å²) in [6, 6.07) is 10.5. The summed E-state index contributed by atoms with van der Waals surface area (Å²) in [5.41, 5.74) is 0. The van der Waals surface area contributed by atoms with E-state index in [1.54, 1.807) is 0 Å². The maximum Gasteiger partial charge on any atom is 0.0384 e. The third kappa shape index (κ3) is 1.16. The lowest BCUT2D eigenvalue weighted by Gasteiger charge is -1.82. The highest BCUT2D eigenvalue weighted by Gasteiger charge is 1.72. The molecular formula is C6H14Si. The maximum absolute atomic E-state index is 2.15. The second kappa shape index (κ2) is 1.94. The monoisotopic (exact) mass is 114 g/mol. The van der Waals surface area contributed by atoms with Crippen LogP contribution in [0.3, 0.4) is 0 Å². The van der Waals surface area contributed by atoms with Gasteiger partial charge in [0.05, 0.1) is 0 Å². The summed E-state index contributed by atoms with van der Waals surface area (Å²) in [5.74, 6) is 0. The highest BCUT2D eigenvalue weighted by molar-refractivity contribution is 6.32. The predicted molar refractivity (Wildman–Crippen MR) is 42.4 cm³/mol. The van der Waals surface area contributed by atoms with Crippen LogP contribution in [0.4, 0.5) is 0 Å². The van der Waals surface area contributed by atoms with Crippen molar-refractivity contribution in [2.45, 2.75) is 0 Å². The molecule has 0 aromatic heterocycles. The van der Waals surface area contributed by atoms with E-state index in [0.29, 0.717) is 0 Å². The van der Waals surface area contributed by atoms with Crippen molar-refractivity contribution < 1.29 is 4.28 Å². The summed E-state index contributed by atoms with van der Waals surface area (Å²) >= 11 is 0. The zero-order valence-electron chi connectivity index (χ0n) is 4.39. The van der Waals surface area contributed by atoms with Crippen LogP contribution in [0, 0.1) is 0 Å². The largest absolute Gasteiger partial charge is 0.0708 e. The van der Waals surface area contributed by atoms with Gasteiger partial charge >= 0.3 is 0 Å². The van der Waals surface area contributed by atoms with E-state index in [1.165, 1.54) is 15.4 Å². The molecule has 0 aliphatic carbocycles. The van der Waals surface area contributed by atoms with Crippen molar-refractivity contribution in [2.24, 2.45) is 0 Å². The van der Waals surface area contributed by atoms with Gasteiger partial charge in [-0.05, 0) is 0 Å². The summed E-state index contributed by atoms with van der Waals surface area (Å²) in [4.78, 5) is 0. The molecule has 0 fully saturated rings. The Morgan fingerprint density at radius 3 is 2.00 bits per heavy atom. The van der Waals surface area contributed by atoms with Gasteiger partial charge in [0.25, 0.3) is 0 Å². The van der Waals surface area contributed by atoms with Crippen LogP contribution in [0.5, 0.6) is 0 Å². The summed E-state index contributed by atoms with van der Waals surface area (Å²) in [7, 11) is 1.17. The number of benzene rings is 1. The van der Waals surface area contributed by atoms with Crippen molar-refractivity contribution in [1.29, 1.82) is 0 Å². The minimum atomic E-state index is 0. The topological polar surface area (TPSA) is 0 Å². The van der Waals surface area contributed by atoms with E-state index in [2.05, 4.69) is 24.3 Å². The smallest absolute Gasteiger partial charge is 0.0384 e. The summed E-state index contributed by atoms with van der Waals surface area (Å²) < 4.78 is 0. The standard InChI is InChI=1S/C6H8Si.3H2/c7-6-4-2-1-3-5-6;;;/h1-5H,7H3;3*1H. The van der Waals surface area contributed by atoms with Crippen LogP contribution in [0.25, 0.3) is 0 Å². The van der Waals surface area contributed by atoms with Crippen LogP contribution in [0.15, 0.2) is 30.3 Å². The molecule has 1 aromatic carbocycles. The second-order valence-electron chi connectivity index (χ2n) is 1.65. The molecule has 7 heavy (non-hydrogen) atoms. The zero-order chi connectivity index (χ0) is 5.11. The lowest BCUT2D eigenvalue weighted by atomic mass is 10.4. The Kier molecular flexibility index (Phi) is 1.27. The number of rotatable bonds is 0. The van der Waals surface area contributed by atoms with E-state index in [-0.39, 0.29) is 4.28 Å². The van der Waals surface area contributed by atoms with Gasteiger partial charge in [-0.3, -0.25) is 0 Å². The lowest BCUT2D eigenvalue weighted by molar-refractivity contribution is 1.78. The summed E-state index contributed by atoms with van der Waals surface area (Å²) in [5, 5.41) is 1.46. The Morgan fingerprint density at radius 1 is 1.14 bits per heavy atom. The van der Waals surface area contributed by atoms with Crippen molar-refractivity contribution in [3.8, 4) is 0 Å². The molecule has 0 amide bonds. The van der Waals surface area contributed by atoms with E-state index < -0.39 is 0 Å². The molecule has 0 saturated heterocycles. The molecule has 1 aromatic rings. The normalized spacial score (nSPS) is 9.14. The molecule has 42 valence electrons. The van der Waals surface area contributed by atoms with Crippen molar-refractivity contribution >= 4 is 15.4 Å². The van der Waals surface area contributed by atoms with Gasteiger partial charge in [0, 0.05) is 14.5 Å². The molecule has 0 aliphatic heterocycles. The van der Waals surface area contributed by atoms with E-state index in [9.17, 15) is 0 Å². The fourth-order valence-corrected chi connectivity index (χ4v) is 0.919. The molecule has 0 radical (unpaired) electrons. The molecule has 0 saturated carbocycles. The molecular weight excluding hydrogens is 100 g/mol. The van der Waals surface area contributed by atoms with Gasteiger partial charge in [0.1, 0.15) is 0 Å². The van der Waals surface area contributed by atoms with E-state index in [0.717, 1.165) is 0 Å². The maximum atomic E-state index is 2.15. The summed E-state index contributed by atoms with van der Waals surface area (Å²) in [6.07, 6.45) is 0. The molecule has 0 N–H and O–H groups in total. The van der Waals surface area contributed by atoms with Gasteiger partial charge in [-0.15, -0.1) is 0 Å². The van der Waals surface area contributed by atoms with Gasteiger partial charge in [-0.2, -0.15) is 0 Å². The first-order valence-electron chi connectivity index (χ1n) is 2.41. The third-order valence-corrected chi connectivity index (χ3v) is 1.61. The average Bonchev–Trinajstić information content (AvgIpc) is 1.69. The highest BCUT2D eigenvalue weighted by atomic mass is 28.1. The molecule has 0 bridgehead atoms. The van der Waals surface area contributed by atoms with Gasteiger partial charge < -0.3 is 0 Å². The molecule has 0 unspecified atom stereocenters. The van der Waals surface area contributed by atoms with Crippen molar-refractivity contribution in [3.05, 3.63) is 30.3 Å². The molecule has 1 rings (SSSR count). The quantitative estimate of drug-likeness (QED) is 0.429. The predicted octanol–water partition coefficient (Wildman–Crippen LogP) is 0.415. The third-order valence-electron chi connectivity index (χ3n) is 0.940. The van der Waals surface area contributed by atoms with E-state index in [1.807, 2.05) is 6.07 Å². The van der Waals surface area contributed by atoms with Crippen LogP contribution in [-0.2, 0) is 0 Å². The van der Waals surface area contributed by atoms with Crippen molar-refractivity contribution in [1.82, 2.24) is 0 Å². The Bertz CT molecular complexity index is 143. The van der Waals surface area contributed by atoms with Gasteiger partial charge in [-0.25, -0.2) is 0 Å². The van der Waals surface area contributed by atoms with Gasteiger partial charge in [0.15, 0.2) is 0 Å².